The molecule has 2 heterocycles. The maximum Gasteiger partial charge on any atom is 0.306 e. The van der Waals surface area contributed by atoms with Crippen LogP contribution in [0.3, 0.4) is 0 Å². The van der Waals surface area contributed by atoms with E-state index in [9.17, 15) is 25.5 Å². The van der Waals surface area contributed by atoms with Gasteiger partial charge in [0.1, 0.15) is 67.3 Å². The number of nitrogens with zero attached hydrogens (tertiary/aromatic N) is 4. The molecule has 14 heteroatoms. The third kappa shape index (κ3) is 14.8. The second kappa shape index (κ2) is 26.9. The summed E-state index contributed by atoms with van der Waals surface area (Å²) in [6, 6.07) is 45.8. The molecule has 0 aliphatic carbocycles. The number of hydrogen-bond donors (Lipinski definition) is 3. The highest BCUT2D eigenvalue weighted by Gasteiger charge is 2.22. The van der Waals surface area contributed by atoms with Crippen molar-refractivity contribution in [1.29, 1.82) is 10.5 Å². The lowest BCUT2D eigenvalue weighted by Crippen LogP contribution is -2.32. The third-order valence-corrected chi connectivity index (χ3v) is 14.1. The van der Waals surface area contributed by atoms with Gasteiger partial charge in [-0.1, -0.05) is 127 Å². The zero-order valence-corrected chi connectivity index (χ0v) is 44.7. The van der Waals surface area contributed by atoms with Crippen LogP contribution in [0.5, 0.6) is 23.0 Å². The molecule has 2 unspecified atom stereocenters. The van der Waals surface area contributed by atoms with Crippen molar-refractivity contribution in [1.82, 2.24) is 15.3 Å². The van der Waals surface area contributed by atoms with Crippen LogP contribution in [0.15, 0.2) is 171 Å². The zero-order valence-electron chi connectivity index (χ0n) is 43.2. The van der Waals surface area contributed by atoms with Crippen LogP contribution in [-0.2, 0) is 57.0 Å². The first-order valence-electron chi connectivity index (χ1n) is 25.3. The van der Waals surface area contributed by atoms with E-state index >= 15 is 0 Å². The summed E-state index contributed by atoms with van der Waals surface area (Å²) in [6.45, 7) is 8.83. The molecule has 0 amide bonds. The summed E-state index contributed by atoms with van der Waals surface area (Å²) in [5.74, 6) is 0.262. The topological polar surface area (TPSA) is 180 Å². The number of rotatable bonds is 25. The Labute approximate surface area is 464 Å². The molecule has 0 fully saturated rings. The van der Waals surface area contributed by atoms with Crippen molar-refractivity contribution in [3.63, 3.8) is 0 Å². The number of carboxylic acid groups (broad SMARTS) is 1. The Morgan fingerprint density at radius 2 is 1.05 bits per heavy atom. The maximum atomic E-state index is 12.4. The summed E-state index contributed by atoms with van der Waals surface area (Å²) >= 11 is 13.9. The van der Waals surface area contributed by atoms with Gasteiger partial charge in [-0.3, -0.25) is 14.8 Å². The monoisotopic (exact) mass is 1080 g/mol. The van der Waals surface area contributed by atoms with Crippen LogP contribution < -0.4 is 24.3 Å². The summed E-state index contributed by atoms with van der Waals surface area (Å²) in [5, 5.41) is 43.8. The fraction of sp³-hybridized carbons (Fsp3) is 0.203. The predicted octanol–water partition coefficient (Wildman–Crippen LogP) is 13.8. The highest BCUT2D eigenvalue weighted by atomic mass is 35.5. The van der Waals surface area contributed by atoms with E-state index < -0.39 is 17.9 Å². The number of nitrogens with one attached hydrogen (secondary N) is 1. The lowest BCUT2D eigenvalue weighted by atomic mass is 9.92. The van der Waals surface area contributed by atoms with Crippen molar-refractivity contribution in [2.45, 2.75) is 78.5 Å². The Morgan fingerprint density at radius 1 is 0.577 bits per heavy atom. The highest BCUT2D eigenvalue weighted by Crippen LogP contribution is 2.38. The predicted molar refractivity (Wildman–Crippen MR) is 302 cm³/mol. The Bertz CT molecular complexity index is 3260. The van der Waals surface area contributed by atoms with E-state index in [1.54, 1.807) is 48.8 Å². The Morgan fingerprint density at radius 3 is 1.54 bits per heavy atom. The summed E-state index contributed by atoms with van der Waals surface area (Å²) < 4.78 is 25.7. The normalized spacial score (nSPS) is 11.7. The van der Waals surface area contributed by atoms with Crippen molar-refractivity contribution in [2.75, 3.05) is 0 Å². The van der Waals surface area contributed by atoms with E-state index in [-0.39, 0.29) is 38.7 Å². The van der Waals surface area contributed by atoms with Crippen molar-refractivity contribution in [3.8, 4) is 46.3 Å². The average Bonchev–Trinajstić information content (AvgIpc) is 3.50. The molecular weight excluding hydrogens is 1020 g/mol. The van der Waals surface area contributed by atoms with Gasteiger partial charge in [0.05, 0.1) is 33.1 Å². The quantitative estimate of drug-likeness (QED) is 0.0462. The molecule has 2 aromatic heterocycles. The molecule has 6 aromatic carbocycles. The molecule has 0 aliphatic rings. The molecule has 8 aromatic rings. The van der Waals surface area contributed by atoms with E-state index in [4.69, 9.17) is 42.1 Å². The van der Waals surface area contributed by atoms with Crippen LogP contribution in [0, 0.1) is 42.4 Å². The van der Waals surface area contributed by atoms with Crippen LogP contribution in [0.25, 0.3) is 11.1 Å². The number of pyridine rings is 2. The number of aliphatic hydroxyl groups is 1. The van der Waals surface area contributed by atoms with Gasteiger partial charge in [0, 0.05) is 60.2 Å². The molecule has 0 saturated carbocycles. The summed E-state index contributed by atoms with van der Waals surface area (Å²) in [7, 11) is 0. The number of ether oxygens (including phenoxy) is 4. The number of benzene rings is 6. The number of aliphatic hydroxyl groups excluding tert-OH is 1. The second-order valence-electron chi connectivity index (χ2n) is 18.9. The molecule has 394 valence electrons. The van der Waals surface area contributed by atoms with Crippen LogP contribution in [0.2, 0.25) is 10.0 Å². The number of hydrogen-bond acceptors (Lipinski definition) is 11. The van der Waals surface area contributed by atoms with Crippen LogP contribution >= 0.6 is 23.2 Å². The molecule has 12 nitrogen and oxygen atoms in total. The first kappa shape index (κ1) is 55.6. The van der Waals surface area contributed by atoms with Gasteiger partial charge in [-0.05, 0) is 114 Å². The van der Waals surface area contributed by atoms with Crippen LogP contribution in [0.4, 0.5) is 0 Å². The van der Waals surface area contributed by atoms with Gasteiger partial charge in [0.2, 0.25) is 0 Å². The van der Waals surface area contributed by atoms with E-state index in [2.05, 4.69) is 60.0 Å². The molecule has 0 bridgehead atoms. The second-order valence-corrected chi connectivity index (χ2v) is 19.7. The maximum absolute atomic E-state index is 12.4. The van der Waals surface area contributed by atoms with Gasteiger partial charge in [-0.25, -0.2) is 0 Å². The van der Waals surface area contributed by atoms with Crippen molar-refractivity contribution < 1.29 is 34.0 Å². The number of aromatic nitrogens is 2. The third-order valence-electron chi connectivity index (χ3n) is 13.5. The average molecular weight is 1080 g/mol. The fourth-order valence-electron chi connectivity index (χ4n) is 9.06. The molecule has 0 aliphatic heterocycles. The SMILES string of the molecule is C=C(O)C(Cc1ccccc1)NCc1cc(Cl)c(OCc2cccc(-c3cccc(COc4cc(OCc5cncc(C#N)c5)c(CCC(Cc5ccccc5)C(=O)O)cc4Cl)c3C)c2C)cc1OCc1cncc(C#N)c1. The Hall–Kier alpha value is -8.65. The fourth-order valence-corrected chi connectivity index (χ4v) is 9.54. The van der Waals surface area contributed by atoms with Gasteiger partial charge < -0.3 is 34.5 Å². The van der Waals surface area contributed by atoms with E-state index in [0.717, 1.165) is 55.6 Å². The molecular formula is C64H57Cl2N5O7. The highest BCUT2D eigenvalue weighted by molar-refractivity contribution is 6.32. The van der Waals surface area contributed by atoms with Crippen molar-refractivity contribution in [3.05, 3.63) is 247 Å². The molecule has 8 rings (SSSR count). The van der Waals surface area contributed by atoms with Gasteiger partial charge in [0.25, 0.3) is 0 Å². The van der Waals surface area contributed by atoms with Gasteiger partial charge in [0.15, 0.2) is 0 Å². The van der Waals surface area contributed by atoms with Crippen molar-refractivity contribution in [2.24, 2.45) is 5.92 Å². The molecule has 0 saturated heterocycles. The van der Waals surface area contributed by atoms with Gasteiger partial charge in [-0.15, -0.1) is 0 Å². The number of aliphatic carboxylic acids is 1. The van der Waals surface area contributed by atoms with E-state index in [1.165, 1.54) is 12.4 Å². The smallest absolute Gasteiger partial charge is 0.306 e. The number of carboxylic acids is 1. The Kier molecular flexibility index (Phi) is 19.2. The summed E-state index contributed by atoms with van der Waals surface area (Å²) in [6.07, 6.45) is 7.88. The number of aryl methyl sites for hydroxylation is 1. The minimum absolute atomic E-state index is 0.00328. The largest absolute Gasteiger partial charge is 0.511 e. The number of nitriles is 2. The van der Waals surface area contributed by atoms with Crippen LogP contribution in [-0.4, -0.2) is 32.2 Å². The molecule has 2 atom stereocenters. The summed E-state index contributed by atoms with van der Waals surface area (Å²) in [5.41, 5.74) is 11.5. The van der Waals surface area contributed by atoms with E-state index in [0.29, 0.717) is 81.0 Å². The van der Waals surface area contributed by atoms with Gasteiger partial charge in [-0.2, -0.15) is 10.5 Å². The molecule has 78 heavy (non-hydrogen) atoms. The minimum Gasteiger partial charge on any atom is -0.511 e. The number of halogens is 2. The standard InChI is InChI=1S/C64H57Cl2N5O7/c1-41-52(39-77-62-28-60(75-37-48-22-46(30-67)32-69-34-48)50(26-57(62)65)20-21-51(64(73)74)24-44-12-6-4-7-13-44)16-10-18-55(41)56-19-11-17-53(42(56)2)40-78-63-29-61(76-38-49-23-47(31-68)33-70-35-49)54(27-58(63)66)36-71-59(43(3)72)25-45-14-8-5-9-15-45/h4-19,22-23,26-29,32-35,51,59,71-72H,3,20-21,24-25,36-40H2,1-2H3,(H,73,74). The van der Waals surface area contributed by atoms with Gasteiger partial charge >= 0.3 is 5.97 Å². The minimum atomic E-state index is -0.882. The van der Waals surface area contributed by atoms with E-state index in [1.807, 2.05) is 84.9 Å². The molecule has 3 N–H and O–H groups in total. The zero-order chi connectivity index (χ0) is 55.0. The number of carbonyl (C=O) groups is 1. The van der Waals surface area contributed by atoms with Crippen molar-refractivity contribution >= 4 is 29.2 Å². The first-order chi connectivity index (χ1) is 37.8. The lowest BCUT2D eigenvalue weighted by Gasteiger charge is -2.21. The molecule has 0 radical (unpaired) electrons. The van der Waals surface area contributed by atoms with Crippen LogP contribution in [0.1, 0.15) is 73.2 Å². The first-order valence-corrected chi connectivity index (χ1v) is 26.0. The Balaban J connectivity index is 0.992. The summed E-state index contributed by atoms with van der Waals surface area (Å²) in [4.78, 5) is 20.8. The molecule has 0 spiro atoms. The lowest BCUT2D eigenvalue weighted by molar-refractivity contribution is -0.141.